The van der Waals surface area contributed by atoms with Crippen LogP contribution in [0.2, 0.25) is 0 Å². The van der Waals surface area contributed by atoms with E-state index >= 15 is 0 Å². The summed E-state index contributed by atoms with van der Waals surface area (Å²) in [5.74, 6) is 1.93. The Kier molecular flexibility index (Phi) is 7.00. The summed E-state index contributed by atoms with van der Waals surface area (Å²) in [6, 6.07) is 8.26. The SMILES string of the molecule is CCc1nncn1CCNC(=NC)NCCCC(=O)N1Cc2ccccc2C1. The first-order valence-electron chi connectivity index (χ1n) is 9.87. The van der Waals surface area contributed by atoms with E-state index in [0.29, 0.717) is 13.0 Å². The molecule has 2 heterocycles. The molecule has 2 N–H and O–H groups in total. The summed E-state index contributed by atoms with van der Waals surface area (Å²) >= 11 is 0. The van der Waals surface area contributed by atoms with E-state index in [4.69, 9.17) is 0 Å². The summed E-state index contributed by atoms with van der Waals surface area (Å²) in [6.07, 6.45) is 3.93. The minimum absolute atomic E-state index is 0.209. The first kappa shape index (κ1) is 19.9. The highest BCUT2D eigenvalue weighted by Crippen LogP contribution is 2.22. The van der Waals surface area contributed by atoms with E-state index < -0.39 is 0 Å². The van der Waals surface area contributed by atoms with Gasteiger partial charge in [0.2, 0.25) is 5.91 Å². The predicted octanol–water partition coefficient (Wildman–Crippen LogP) is 1.33. The summed E-state index contributed by atoms with van der Waals surface area (Å²) in [7, 11) is 1.75. The van der Waals surface area contributed by atoms with Gasteiger partial charge in [-0.05, 0) is 17.5 Å². The van der Waals surface area contributed by atoms with Crippen molar-refractivity contribution < 1.29 is 4.79 Å². The lowest BCUT2D eigenvalue weighted by Crippen LogP contribution is -2.39. The number of guanidine groups is 1. The molecular formula is C20H29N7O. The van der Waals surface area contributed by atoms with Crippen molar-refractivity contribution >= 4 is 11.9 Å². The molecule has 0 bridgehead atoms. The third kappa shape index (κ3) is 5.09. The van der Waals surface area contributed by atoms with E-state index in [0.717, 1.165) is 50.8 Å². The lowest BCUT2D eigenvalue weighted by atomic mass is 10.1. The zero-order valence-electron chi connectivity index (χ0n) is 16.7. The zero-order chi connectivity index (χ0) is 19.8. The Balaban J connectivity index is 1.32. The lowest BCUT2D eigenvalue weighted by molar-refractivity contribution is -0.131. The van der Waals surface area contributed by atoms with Gasteiger partial charge in [0, 0.05) is 52.6 Å². The van der Waals surface area contributed by atoms with E-state index in [9.17, 15) is 4.79 Å². The first-order chi connectivity index (χ1) is 13.7. The molecule has 28 heavy (non-hydrogen) atoms. The number of nitrogens with zero attached hydrogens (tertiary/aromatic N) is 5. The average molecular weight is 384 g/mol. The van der Waals surface area contributed by atoms with Crippen LogP contribution in [0.15, 0.2) is 35.6 Å². The minimum atomic E-state index is 0.209. The van der Waals surface area contributed by atoms with Crippen LogP contribution in [-0.4, -0.2) is 51.7 Å². The summed E-state index contributed by atoms with van der Waals surface area (Å²) in [5.41, 5.74) is 2.52. The molecule has 1 aliphatic heterocycles. The van der Waals surface area contributed by atoms with Gasteiger partial charge in [0.25, 0.3) is 0 Å². The molecule has 1 aromatic carbocycles. The number of amides is 1. The highest BCUT2D eigenvalue weighted by molar-refractivity contribution is 5.80. The first-order valence-corrected chi connectivity index (χ1v) is 9.87. The standard InChI is InChI=1S/C20H29N7O/c1-3-18-25-24-15-26(18)12-11-23-20(21-2)22-10-6-9-19(28)27-13-16-7-4-5-8-17(16)14-27/h4-5,7-8,15H,3,6,9-14H2,1-2H3,(H2,21,22,23). The Bertz CT molecular complexity index is 789. The van der Waals surface area contributed by atoms with Gasteiger partial charge >= 0.3 is 0 Å². The van der Waals surface area contributed by atoms with Crippen LogP contribution in [0, 0.1) is 0 Å². The largest absolute Gasteiger partial charge is 0.356 e. The number of hydrogen-bond donors (Lipinski definition) is 2. The van der Waals surface area contributed by atoms with Crippen molar-refractivity contribution in [3.05, 3.63) is 47.5 Å². The van der Waals surface area contributed by atoms with Gasteiger partial charge < -0.3 is 20.1 Å². The summed E-state index contributed by atoms with van der Waals surface area (Å²) in [4.78, 5) is 18.6. The van der Waals surface area contributed by atoms with E-state index in [1.807, 2.05) is 21.6 Å². The van der Waals surface area contributed by atoms with Gasteiger partial charge in [-0.1, -0.05) is 31.2 Å². The summed E-state index contributed by atoms with van der Waals surface area (Å²) in [5, 5.41) is 14.6. The van der Waals surface area contributed by atoms with Crippen LogP contribution < -0.4 is 10.6 Å². The fourth-order valence-corrected chi connectivity index (χ4v) is 3.37. The molecule has 3 rings (SSSR count). The Morgan fingerprint density at radius 3 is 2.57 bits per heavy atom. The second-order valence-corrected chi connectivity index (χ2v) is 6.84. The number of aliphatic imine (C=N–C) groups is 1. The van der Waals surface area contributed by atoms with E-state index in [-0.39, 0.29) is 5.91 Å². The van der Waals surface area contributed by atoms with Crippen LogP contribution >= 0.6 is 0 Å². The number of carbonyl (C=O) groups excluding carboxylic acids is 1. The molecule has 1 aliphatic rings. The second-order valence-electron chi connectivity index (χ2n) is 6.84. The molecule has 150 valence electrons. The summed E-state index contributed by atoms with van der Waals surface area (Å²) < 4.78 is 2.03. The number of carbonyl (C=O) groups is 1. The number of nitrogens with one attached hydrogen (secondary N) is 2. The molecule has 8 heteroatoms. The Morgan fingerprint density at radius 2 is 1.89 bits per heavy atom. The second kappa shape index (κ2) is 9.87. The van der Waals surface area contributed by atoms with Crippen molar-refractivity contribution in [3.63, 3.8) is 0 Å². The van der Waals surface area contributed by atoms with Crippen molar-refractivity contribution in [3.8, 4) is 0 Å². The number of aryl methyl sites for hydroxylation is 1. The maximum Gasteiger partial charge on any atom is 0.223 e. The van der Waals surface area contributed by atoms with Gasteiger partial charge in [-0.3, -0.25) is 9.79 Å². The van der Waals surface area contributed by atoms with Gasteiger partial charge in [-0.2, -0.15) is 0 Å². The topological polar surface area (TPSA) is 87.4 Å². The number of hydrogen-bond acceptors (Lipinski definition) is 4. The highest BCUT2D eigenvalue weighted by atomic mass is 16.2. The fraction of sp³-hybridized carbons (Fsp3) is 0.500. The average Bonchev–Trinajstić information content (AvgIpc) is 3.35. The van der Waals surface area contributed by atoms with E-state index in [1.165, 1.54) is 11.1 Å². The van der Waals surface area contributed by atoms with Gasteiger partial charge in [-0.25, -0.2) is 0 Å². The lowest BCUT2D eigenvalue weighted by Gasteiger charge is -2.16. The molecule has 1 aromatic heterocycles. The van der Waals surface area contributed by atoms with Crippen molar-refractivity contribution in [1.82, 2.24) is 30.3 Å². The molecule has 2 aromatic rings. The van der Waals surface area contributed by atoms with Gasteiger partial charge in [-0.15, -0.1) is 10.2 Å². The molecule has 0 atom stereocenters. The summed E-state index contributed by atoms with van der Waals surface area (Å²) in [6.45, 7) is 5.75. The van der Waals surface area contributed by atoms with Gasteiger partial charge in [0.15, 0.2) is 5.96 Å². The molecule has 0 spiro atoms. The van der Waals surface area contributed by atoms with E-state index in [2.05, 4.69) is 44.9 Å². The maximum absolute atomic E-state index is 12.4. The maximum atomic E-state index is 12.4. The fourth-order valence-electron chi connectivity index (χ4n) is 3.37. The van der Waals surface area contributed by atoms with E-state index in [1.54, 1.807) is 13.4 Å². The molecule has 0 saturated carbocycles. The molecule has 0 fully saturated rings. The van der Waals surface area contributed by atoms with Crippen molar-refractivity contribution in [1.29, 1.82) is 0 Å². The van der Waals surface area contributed by atoms with Crippen LogP contribution in [0.4, 0.5) is 0 Å². The zero-order valence-corrected chi connectivity index (χ0v) is 16.7. The Hall–Kier alpha value is -2.90. The van der Waals surface area contributed by atoms with Crippen LogP contribution in [0.1, 0.15) is 36.7 Å². The van der Waals surface area contributed by atoms with Crippen molar-refractivity contribution in [2.75, 3.05) is 20.1 Å². The monoisotopic (exact) mass is 383 g/mol. The van der Waals surface area contributed by atoms with Crippen LogP contribution in [0.5, 0.6) is 0 Å². The quantitative estimate of drug-likeness (QED) is 0.408. The molecule has 8 nitrogen and oxygen atoms in total. The third-order valence-corrected chi connectivity index (χ3v) is 4.93. The minimum Gasteiger partial charge on any atom is -0.356 e. The van der Waals surface area contributed by atoms with Crippen LogP contribution in [0.25, 0.3) is 0 Å². The molecule has 0 saturated heterocycles. The molecule has 0 unspecified atom stereocenters. The molecule has 0 radical (unpaired) electrons. The van der Waals surface area contributed by atoms with Crippen LogP contribution in [-0.2, 0) is 30.8 Å². The Labute approximate surface area is 166 Å². The highest BCUT2D eigenvalue weighted by Gasteiger charge is 2.22. The van der Waals surface area contributed by atoms with Crippen molar-refractivity contribution in [2.45, 2.75) is 45.8 Å². The molecular weight excluding hydrogens is 354 g/mol. The predicted molar refractivity (Wildman–Crippen MR) is 109 cm³/mol. The number of rotatable bonds is 8. The normalized spacial score (nSPS) is 13.5. The van der Waals surface area contributed by atoms with Gasteiger partial charge in [0.05, 0.1) is 0 Å². The van der Waals surface area contributed by atoms with Crippen LogP contribution in [0.3, 0.4) is 0 Å². The number of fused-ring (bicyclic) bond motifs is 1. The van der Waals surface area contributed by atoms with Crippen molar-refractivity contribution in [2.24, 2.45) is 4.99 Å². The number of aromatic nitrogens is 3. The Morgan fingerprint density at radius 1 is 1.18 bits per heavy atom. The molecule has 1 amide bonds. The molecule has 0 aliphatic carbocycles. The van der Waals surface area contributed by atoms with Gasteiger partial charge in [0.1, 0.15) is 12.2 Å². The third-order valence-electron chi connectivity index (χ3n) is 4.93. The number of benzene rings is 1. The smallest absolute Gasteiger partial charge is 0.223 e.